The van der Waals surface area contributed by atoms with Gasteiger partial charge in [0.05, 0.1) is 11.3 Å². The van der Waals surface area contributed by atoms with Crippen molar-refractivity contribution in [1.82, 2.24) is 4.98 Å². The highest BCUT2D eigenvalue weighted by Crippen LogP contribution is 2.42. The number of aromatic nitrogens is 1. The van der Waals surface area contributed by atoms with E-state index in [-0.39, 0.29) is 0 Å². The van der Waals surface area contributed by atoms with Crippen molar-refractivity contribution in [2.75, 3.05) is 0 Å². The van der Waals surface area contributed by atoms with Crippen LogP contribution in [0.4, 0.5) is 0 Å². The Bertz CT molecular complexity index is 624. The monoisotopic (exact) mass is 287 g/mol. The van der Waals surface area contributed by atoms with Gasteiger partial charge in [-0.2, -0.15) is 0 Å². The number of fused-ring (bicyclic) bond motifs is 1. The summed E-state index contributed by atoms with van der Waals surface area (Å²) in [4.78, 5) is 6.17. The Labute approximate surface area is 124 Å². The molecule has 0 bridgehead atoms. The summed E-state index contributed by atoms with van der Waals surface area (Å²) >= 11 is 1.75. The number of thiazole rings is 1. The smallest absolute Gasteiger partial charge is 0.127 e. The predicted molar refractivity (Wildman–Crippen MR) is 84.2 cm³/mol. The number of phenols is 1. The minimum absolute atomic E-state index is 0.325. The summed E-state index contributed by atoms with van der Waals surface area (Å²) in [6, 6.07) is 7.48. The fourth-order valence-electron chi connectivity index (χ4n) is 2.88. The maximum Gasteiger partial charge on any atom is 0.127 e. The van der Waals surface area contributed by atoms with E-state index < -0.39 is 0 Å². The van der Waals surface area contributed by atoms with Crippen LogP contribution in [0.3, 0.4) is 0 Å². The number of benzene rings is 1. The number of hydrogen-bond acceptors (Lipinski definition) is 3. The molecule has 1 unspecified atom stereocenters. The van der Waals surface area contributed by atoms with Crippen molar-refractivity contribution in [2.24, 2.45) is 11.3 Å². The standard InChI is InChI=1S/C17H21NOS/c1-17(2,3)11-8-9-13-15(10-11)20-16(18-13)12-6-4-5-7-14(12)19/h4-7,11,19H,8-10H2,1-3H3. The summed E-state index contributed by atoms with van der Waals surface area (Å²) in [6.07, 6.45) is 3.42. The van der Waals surface area contributed by atoms with Crippen LogP contribution in [-0.2, 0) is 12.8 Å². The van der Waals surface area contributed by atoms with Crippen molar-refractivity contribution >= 4 is 11.3 Å². The first kappa shape index (κ1) is 13.6. The third-order valence-corrected chi connectivity index (χ3v) is 5.45. The quantitative estimate of drug-likeness (QED) is 0.827. The van der Waals surface area contributed by atoms with Gasteiger partial charge in [-0.25, -0.2) is 4.98 Å². The zero-order valence-electron chi connectivity index (χ0n) is 12.3. The summed E-state index contributed by atoms with van der Waals surface area (Å²) in [5.74, 6) is 1.05. The fraction of sp³-hybridized carbons (Fsp3) is 0.471. The van der Waals surface area contributed by atoms with Gasteiger partial charge in [-0.1, -0.05) is 32.9 Å². The topological polar surface area (TPSA) is 33.1 Å². The summed E-state index contributed by atoms with van der Waals surface area (Å²) in [7, 11) is 0. The van der Waals surface area contributed by atoms with Crippen LogP contribution < -0.4 is 0 Å². The molecule has 1 atom stereocenters. The van der Waals surface area contributed by atoms with Gasteiger partial charge in [0.1, 0.15) is 10.8 Å². The Morgan fingerprint density at radius 2 is 2.00 bits per heavy atom. The SMILES string of the molecule is CC(C)(C)C1CCc2nc(-c3ccccc3O)sc2C1. The molecule has 0 aliphatic heterocycles. The second-order valence-corrected chi connectivity index (χ2v) is 7.80. The molecule has 0 radical (unpaired) electrons. The van der Waals surface area contributed by atoms with Crippen LogP contribution in [0.15, 0.2) is 24.3 Å². The Balaban J connectivity index is 1.93. The van der Waals surface area contributed by atoms with Crippen LogP contribution in [0, 0.1) is 11.3 Å². The third-order valence-electron chi connectivity index (χ3n) is 4.30. The Morgan fingerprint density at radius 3 is 2.70 bits per heavy atom. The molecule has 1 aliphatic carbocycles. The van der Waals surface area contributed by atoms with Gasteiger partial charge in [0.25, 0.3) is 0 Å². The Hall–Kier alpha value is -1.35. The van der Waals surface area contributed by atoms with Crippen molar-refractivity contribution < 1.29 is 5.11 Å². The van der Waals surface area contributed by atoms with Crippen molar-refractivity contribution in [2.45, 2.75) is 40.0 Å². The first-order valence-electron chi connectivity index (χ1n) is 7.22. The van der Waals surface area contributed by atoms with E-state index >= 15 is 0 Å². The molecule has 20 heavy (non-hydrogen) atoms. The molecule has 0 spiro atoms. The summed E-state index contributed by atoms with van der Waals surface area (Å²) < 4.78 is 0. The van der Waals surface area contributed by atoms with Gasteiger partial charge in [0, 0.05) is 4.88 Å². The number of phenolic OH excluding ortho intramolecular Hbond substituents is 1. The lowest BCUT2D eigenvalue weighted by molar-refractivity contribution is 0.217. The average Bonchev–Trinajstić information content (AvgIpc) is 2.80. The van der Waals surface area contributed by atoms with Gasteiger partial charge in [-0.05, 0) is 42.7 Å². The molecule has 1 heterocycles. The molecule has 1 aromatic carbocycles. The van der Waals surface area contributed by atoms with Gasteiger partial charge >= 0.3 is 0 Å². The zero-order valence-corrected chi connectivity index (χ0v) is 13.1. The first-order chi connectivity index (χ1) is 9.45. The van der Waals surface area contributed by atoms with E-state index in [1.54, 1.807) is 17.4 Å². The highest BCUT2D eigenvalue weighted by Gasteiger charge is 2.30. The number of para-hydroxylation sites is 1. The molecule has 106 valence electrons. The van der Waals surface area contributed by atoms with Crippen LogP contribution in [0.5, 0.6) is 5.75 Å². The van der Waals surface area contributed by atoms with E-state index in [1.807, 2.05) is 18.2 Å². The lowest BCUT2D eigenvalue weighted by Gasteiger charge is -2.33. The molecule has 0 saturated heterocycles. The van der Waals surface area contributed by atoms with E-state index in [2.05, 4.69) is 20.8 Å². The second-order valence-electron chi connectivity index (χ2n) is 6.71. The van der Waals surface area contributed by atoms with Gasteiger partial charge in [0.2, 0.25) is 0 Å². The highest BCUT2D eigenvalue weighted by atomic mass is 32.1. The number of nitrogens with zero attached hydrogens (tertiary/aromatic N) is 1. The summed E-state index contributed by atoms with van der Waals surface area (Å²) in [5, 5.41) is 10.9. The van der Waals surface area contributed by atoms with Crippen molar-refractivity contribution in [1.29, 1.82) is 0 Å². The zero-order chi connectivity index (χ0) is 14.3. The van der Waals surface area contributed by atoms with Crippen LogP contribution in [0.1, 0.15) is 37.8 Å². The molecule has 0 fully saturated rings. The van der Waals surface area contributed by atoms with E-state index in [0.29, 0.717) is 11.2 Å². The van der Waals surface area contributed by atoms with Crippen molar-refractivity contribution in [3.8, 4) is 16.3 Å². The van der Waals surface area contributed by atoms with Gasteiger partial charge in [-0.15, -0.1) is 11.3 Å². The molecule has 1 N–H and O–H groups in total. The summed E-state index contributed by atoms with van der Waals surface area (Å²) in [6.45, 7) is 6.98. The summed E-state index contributed by atoms with van der Waals surface area (Å²) in [5.41, 5.74) is 2.46. The van der Waals surface area contributed by atoms with Gasteiger partial charge < -0.3 is 5.11 Å². The van der Waals surface area contributed by atoms with Crippen molar-refractivity contribution in [3.05, 3.63) is 34.8 Å². The Morgan fingerprint density at radius 1 is 1.25 bits per heavy atom. The highest BCUT2D eigenvalue weighted by molar-refractivity contribution is 7.15. The second kappa shape index (κ2) is 4.88. The fourth-order valence-corrected chi connectivity index (χ4v) is 4.11. The molecular weight excluding hydrogens is 266 g/mol. The molecule has 0 amide bonds. The van der Waals surface area contributed by atoms with Crippen LogP contribution >= 0.6 is 11.3 Å². The number of aromatic hydroxyl groups is 1. The van der Waals surface area contributed by atoms with E-state index in [0.717, 1.165) is 29.3 Å². The largest absolute Gasteiger partial charge is 0.507 e. The Kier molecular flexibility index (Phi) is 3.33. The first-order valence-corrected chi connectivity index (χ1v) is 8.04. The van der Waals surface area contributed by atoms with Crippen LogP contribution in [0.2, 0.25) is 0 Å². The molecule has 3 rings (SSSR count). The molecule has 1 aromatic heterocycles. The minimum Gasteiger partial charge on any atom is -0.507 e. The predicted octanol–water partition coefficient (Wildman–Crippen LogP) is 4.67. The van der Waals surface area contributed by atoms with Crippen LogP contribution in [-0.4, -0.2) is 10.1 Å². The van der Waals surface area contributed by atoms with Crippen LogP contribution in [0.25, 0.3) is 10.6 Å². The van der Waals surface area contributed by atoms with E-state index in [9.17, 15) is 5.11 Å². The molecular formula is C17H21NOS. The molecule has 2 aromatic rings. The molecule has 0 saturated carbocycles. The molecule has 2 nitrogen and oxygen atoms in total. The van der Waals surface area contributed by atoms with E-state index in [4.69, 9.17) is 4.98 Å². The number of aryl methyl sites for hydroxylation is 1. The average molecular weight is 287 g/mol. The van der Waals surface area contributed by atoms with Gasteiger partial charge in [0.15, 0.2) is 0 Å². The number of rotatable bonds is 1. The van der Waals surface area contributed by atoms with Gasteiger partial charge in [-0.3, -0.25) is 0 Å². The normalized spacial score (nSPS) is 18.9. The molecule has 3 heteroatoms. The number of hydrogen-bond donors (Lipinski definition) is 1. The maximum atomic E-state index is 9.97. The maximum absolute atomic E-state index is 9.97. The molecule has 1 aliphatic rings. The lowest BCUT2D eigenvalue weighted by atomic mass is 9.73. The van der Waals surface area contributed by atoms with E-state index in [1.165, 1.54) is 17.0 Å². The lowest BCUT2D eigenvalue weighted by Crippen LogP contribution is -2.26. The third kappa shape index (κ3) is 2.47. The van der Waals surface area contributed by atoms with Crippen molar-refractivity contribution in [3.63, 3.8) is 0 Å². The minimum atomic E-state index is 0.325.